The average molecular weight is 523 g/mol. The molecule has 0 aromatic heterocycles. The lowest BCUT2D eigenvalue weighted by Gasteiger charge is -2.34. The van der Waals surface area contributed by atoms with Crippen molar-refractivity contribution in [2.45, 2.75) is 50.6 Å². The van der Waals surface area contributed by atoms with Crippen molar-refractivity contribution >= 4 is 32.9 Å². The van der Waals surface area contributed by atoms with Gasteiger partial charge in [0.25, 0.3) is 0 Å². The third-order valence-corrected chi connectivity index (χ3v) is 8.45. The number of aliphatic hydroxyl groups excluding tert-OH is 2. The molecule has 3 aromatic carbocycles. The molecule has 38 heavy (non-hydrogen) atoms. The molecule has 206 valence electrons. The molecule has 0 aliphatic carbocycles. The molecule has 0 saturated carbocycles. The first kappa shape index (κ1) is 26.8. The summed E-state index contributed by atoms with van der Waals surface area (Å²) in [5.41, 5.74) is 1.95. The summed E-state index contributed by atoms with van der Waals surface area (Å²) >= 11 is 0. The monoisotopic (exact) mass is 522 g/mol. The highest BCUT2D eigenvalue weighted by molar-refractivity contribution is 6.11. The van der Waals surface area contributed by atoms with Gasteiger partial charge in [-0.15, -0.1) is 0 Å². The van der Waals surface area contributed by atoms with Crippen LogP contribution in [-0.4, -0.2) is 94.8 Å². The van der Waals surface area contributed by atoms with Crippen LogP contribution in [0.3, 0.4) is 0 Å². The third-order valence-electron chi connectivity index (χ3n) is 8.45. The Bertz CT molecular complexity index is 1140. The Hall–Kier alpha value is -2.78. The van der Waals surface area contributed by atoms with Crippen molar-refractivity contribution < 1.29 is 20.4 Å². The number of benzene rings is 3. The molecule has 2 atom stereocenters. The van der Waals surface area contributed by atoms with Crippen molar-refractivity contribution in [2.75, 3.05) is 63.1 Å². The predicted octanol–water partition coefficient (Wildman–Crippen LogP) is 3.92. The van der Waals surface area contributed by atoms with Crippen LogP contribution in [0.15, 0.2) is 36.4 Å². The molecule has 5 rings (SSSR count). The number of aromatic hydroxyl groups is 2. The lowest BCUT2D eigenvalue weighted by Crippen LogP contribution is -2.44. The first-order valence-corrected chi connectivity index (χ1v) is 14.2. The number of likely N-dealkylation sites (tertiary alicyclic amines) is 2. The number of hydrogen-bond acceptors (Lipinski definition) is 8. The second kappa shape index (κ2) is 12.4. The van der Waals surface area contributed by atoms with E-state index in [1.165, 1.54) is 37.8 Å². The van der Waals surface area contributed by atoms with Gasteiger partial charge in [-0.05, 0) is 75.2 Å². The second-order valence-corrected chi connectivity index (χ2v) is 10.8. The van der Waals surface area contributed by atoms with Gasteiger partial charge in [-0.25, -0.2) is 0 Å². The summed E-state index contributed by atoms with van der Waals surface area (Å²) in [6, 6.07) is 11.6. The molecule has 0 bridgehead atoms. The molecule has 8 heteroatoms. The number of nitrogens with one attached hydrogen (secondary N) is 2. The maximum Gasteiger partial charge on any atom is 0.123 e. The van der Waals surface area contributed by atoms with Crippen molar-refractivity contribution in [2.24, 2.45) is 0 Å². The molecule has 2 unspecified atom stereocenters. The molecule has 2 fully saturated rings. The molecular weight excluding hydrogens is 480 g/mol. The van der Waals surface area contributed by atoms with Crippen LogP contribution >= 0.6 is 0 Å². The lowest BCUT2D eigenvalue weighted by atomic mass is 9.99. The van der Waals surface area contributed by atoms with Crippen molar-refractivity contribution in [3.05, 3.63) is 36.4 Å². The van der Waals surface area contributed by atoms with E-state index in [9.17, 15) is 20.4 Å². The number of hydrogen-bond donors (Lipinski definition) is 6. The summed E-state index contributed by atoms with van der Waals surface area (Å²) < 4.78 is 0. The highest BCUT2D eigenvalue weighted by atomic mass is 16.3. The minimum atomic E-state index is 0.142. The summed E-state index contributed by atoms with van der Waals surface area (Å²) in [6.45, 7) is 5.65. The highest BCUT2D eigenvalue weighted by Gasteiger charge is 2.22. The fourth-order valence-electron chi connectivity index (χ4n) is 6.25. The van der Waals surface area contributed by atoms with Crippen LogP contribution in [0.2, 0.25) is 0 Å². The van der Waals surface area contributed by atoms with E-state index in [1.807, 2.05) is 12.1 Å². The normalized spacial score (nSPS) is 21.2. The maximum absolute atomic E-state index is 10.5. The van der Waals surface area contributed by atoms with Crippen LogP contribution in [0.1, 0.15) is 38.5 Å². The van der Waals surface area contributed by atoms with E-state index in [1.54, 1.807) is 0 Å². The van der Waals surface area contributed by atoms with Gasteiger partial charge in [-0.3, -0.25) is 9.80 Å². The molecule has 6 N–H and O–H groups in total. The number of phenolic OH excluding ortho intramolecular Hbond substituents is 2. The number of fused-ring (bicyclic) bond motifs is 2. The van der Waals surface area contributed by atoms with Gasteiger partial charge in [0.05, 0.1) is 13.2 Å². The third kappa shape index (κ3) is 5.78. The first-order valence-electron chi connectivity index (χ1n) is 14.2. The number of rotatable bonds is 10. The van der Waals surface area contributed by atoms with Gasteiger partial charge in [-0.1, -0.05) is 12.8 Å². The van der Waals surface area contributed by atoms with E-state index < -0.39 is 0 Å². The minimum Gasteiger partial charge on any atom is -0.507 e. The lowest BCUT2D eigenvalue weighted by molar-refractivity contribution is 0.0939. The molecular formula is C30H42N4O4. The Kier molecular flexibility index (Phi) is 8.74. The quantitative estimate of drug-likeness (QED) is 0.176. The van der Waals surface area contributed by atoms with Gasteiger partial charge in [0, 0.05) is 71.2 Å². The minimum absolute atomic E-state index is 0.142. The van der Waals surface area contributed by atoms with Gasteiger partial charge in [0.1, 0.15) is 11.5 Å². The molecule has 8 nitrogen and oxygen atoms in total. The van der Waals surface area contributed by atoms with Gasteiger partial charge < -0.3 is 31.1 Å². The Morgan fingerprint density at radius 3 is 1.50 bits per heavy atom. The molecule has 2 aliphatic rings. The average Bonchev–Trinajstić information content (AvgIpc) is 2.95. The van der Waals surface area contributed by atoms with E-state index >= 15 is 0 Å². The highest BCUT2D eigenvalue weighted by Crippen LogP contribution is 2.39. The molecule has 0 radical (unpaired) electrons. The second-order valence-electron chi connectivity index (χ2n) is 10.8. The molecule has 0 amide bonds. The number of phenols is 2. The predicted molar refractivity (Wildman–Crippen MR) is 154 cm³/mol. The van der Waals surface area contributed by atoms with Gasteiger partial charge >= 0.3 is 0 Å². The summed E-state index contributed by atoms with van der Waals surface area (Å²) in [5, 5.41) is 51.0. The largest absolute Gasteiger partial charge is 0.507 e. The Morgan fingerprint density at radius 2 is 1.08 bits per heavy atom. The van der Waals surface area contributed by atoms with Crippen LogP contribution in [0.4, 0.5) is 11.4 Å². The molecule has 2 saturated heterocycles. The Labute approximate surface area is 224 Å². The zero-order valence-electron chi connectivity index (χ0n) is 22.2. The number of aliphatic hydroxyl groups is 2. The summed E-state index contributed by atoms with van der Waals surface area (Å²) in [5.74, 6) is 0.284. The summed E-state index contributed by atoms with van der Waals surface area (Å²) in [6.07, 6.45) is 6.79. The fourth-order valence-corrected chi connectivity index (χ4v) is 6.25. The van der Waals surface area contributed by atoms with Gasteiger partial charge in [0.15, 0.2) is 0 Å². The standard InChI is InChI=1S/C30H42N4O4/c35-19-21-5-1-3-13-33(21)15-11-31-27-7-8-28(32-12-16-34-14-4-2-6-22(34)20-36)24-18-26-25(17-23(24)27)29(37)9-10-30(26)38/h7-10,17-18,21-22,31-32,35-38H,1-6,11-16,19-20H2. The van der Waals surface area contributed by atoms with E-state index in [0.717, 1.165) is 74.3 Å². The summed E-state index contributed by atoms with van der Waals surface area (Å²) in [4.78, 5) is 4.74. The fraction of sp³-hybridized carbons (Fsp3) is 0.533. The SMILES string of the molecule is OCC1CCCCN1CCNc1ccc(NCCN2CCCCC2CO)c2cc3c(O)ccc(O)c3cc12. The van der Waals surface area contributed by atoms with Crippen LogP contribution < -0.4 is 10.6 Å². The van der Waals surface area contributed by atoms with Crippen LogP contribution in [0, 0.1) is 0 Å². The molecule has 2 aliphatic heterocycles. The van der Waals surface area contributed by atoms with Crippen molar-refractivity contribution in [1.82, 2.24) is 9.80 Å². The van der Waals surface area contributed by atoms with Crippen LogP contribution in [0.5, 0.6) is 11.5 Å². The van der Waals surface area contributed by atoms with E-state index in [2.05, 4.69) is 32.6 Å². The van der Waals surface area contributed by atoms with Crippen molar-refractivity contribution in [3.63, 3.8) is 0 Å². The molecule has 0 spiro atoms. The topological polar surface area (TPSA) is 111 Å². The Balaban J connectivity index is 1.38. The molecule has 2 heterocycles. The van der Waals surface area contributed by atoms with Crippen molar-refractivity contribution in [1.29, 1.82) is 0 Å². The van der Waals surface area contributed by atoms with E-state index in [4.69, 9.17) is 0 Å². The smallest absolute Gasteiger partial charge is 0.123 e. The van der Waals surface area contributed by atoms with Gasteiger partial charge in [0.2, 0.25) is 0 Å². The van der Waals surface area contributed by atoms with Crippen LogP contribution in [-0.2, 0) is 0 Å². The zero-order valence-corrected chi connectivity index (χ0v) is 22.2. The summed E-state index contributed by atoms with van der Waals surface area (Å²) in [7, 11) is 0. The first-order chi connectivity index (χ1) is 18.6. The number of nitrogens with zero attached hydrogens (tertiary/aromatic N) is 2. The zero-order chi connectivity index (χ0) is 26.5. The Morgan fingerprint density at radius 1 is 0.632 bits per heavy atom. The number of anilines is 2. The molecule has 3 aromatic rings. The van der Waals surface area contributed by atoms with Crippen molar-refractivity contribution in [3.8, 4) is 11.5 Å². The van der Waals surface area contributed by atoms with E-state index in [0.29, 0.717) is 10.8 Å². The number of piperidine rings is 2. The van der Waals surface area contributed by atoms with Gasteiger partial charge in [-0.2, -0.15) is 0 Å². The maximum atomic E-state index is 10.5. The van der Waals surface area contributed by atoms with E-state index in [-0.39, 0.29) is 36.8 Å². The van der Waals surface area contributed by atoms with Crippen LogP contribution in [0.25, 0.3) is 21.5 Å².